The van der Waals surface area contributed by atoms with Gasteiger partial charge in [-0.15, -0.1) is 0 Å². The van der Waals surface area contributed by atoms with E-state index in [0.717, 1.165) is 5.56 Å². The lowest BCUT2D eigenvalue weighted by Gasteiger charge is -2.53. The van der Waals surface area contributed by atoms with Crippen LogP contribution in [0.5, 0.6) is 5.75 Å². The number of rotatable bonds is 2. The fourth-order valence-electron chi connectivity index (χ4n) is 6.76. The number of phenolic OH excluding ortho intramolecular Hbond substituents is 1. The van der Waals surface area contributed by atoms with Gasteiger partial charge in [0.25, 0.3) is 0 Å². The number of carbonyl (C=O) groups is 5. The van der Waals surface area contributed by atoms with Crippen molar-refractivity contribution in [1.82, 2.24) is 4.90 Å². The van der Waals surface area contributed by atoms with Crippen LogP contribution in [0.2, 0.25) is 0 Å². The van der Waals surface area contributed by atoms with Gasteiger partial charge in [-0.05, 0) is 62.2 Å². The third kappa shape index (κ3) is 3.74. The molecule has 0 aliphatic heterocycles. The number of fused-ring (bicyclic) bond motifs is 3. The molecule has 2 saturated carbocycles. The van der Waals surface area contributed by atoms with Crippen molar-refractivity contribution >= 4 is 29.0 Å². The standard InChI is InChI=1S/C30H28N2O7/c1-14-17-13-18-24(32(2)3)26(35)23(29(31)38)28(37)30(18,39)27(36)21(17)25(34)22-19(33)12-11-16(20(14)22)10-9-15-7-5-4-6-8-15/h4-8,11-12,14,17-18,21,23-24,33,39H,13H2,1-3H3,(H2,31,38)/t14-,17-,18+,21?,23?,24+,30+/m1/s1. The summed E-state index contributed by atoms with van der Waals surface area (Å²) in [5.74, 6) is -5.14. The summed E-state index contributed by atoms with van der Waals surface area (Å²) in [5.41, 5.74) is 4.26. The van der Waals surface area contributed by atoms with Crippen LogP contribution < -0.4 is 5.73 Å². The Labute approximate surface area is 225 Å². The monoisotopic (exact) mass is 528 g/mol. The summed E-state index contributed by atoms with van der Waals surface area (Å²) in [4.78, 5) is 68.0. The molecule has 0 aromatic heterocycles. The first-order valence-corrected chi connectivity index (χ1v) is 12.7. The van der Waals surface area contributed by atoms with E-state index in [-0.39, 0.29) is 17.7 Å². The molecule has 0 saturated heterocycles. The first kappa shape index (κ1) is 26.5. The molecule has 5 rings (SSSR count). The van der Waals surface area contributed by atoms with E-state index in [4.69, 9.17) is 5.73 Å². The lowest BCUT2D eigenvalue weighted by molar-refractivity contribution is -0.181. The molecule has 0 heterocycles. The van der Waals surface area contributed by atoms with E-state index in [1.807, 2.05) is 30.3 Å². The fourth-order valence-corrected chi connectivity index (χ4v) is 6.76. The van der Waals surface area contributed by atoms with Gasteiger partial charge < -0.3 is 15.9 Å². The van der Waals surface area contributed by atoms with Crippen LogP contribution in [0.1, 0.15) is 46.3 Å². The second-order valence-electron chi connectivity index (χ2n) is 10.8. The molecule has 2 aromatic carbocycles. The number of primary amides is 1. The zero-order chi connectivity index (χ0) is 28.4. The van der Waals surface area contributed by atoms with E-state index in [2.05, 4.69) is 11.8 Å². The van der Waals surface area contributed by atoms with Crippen molar-refractivity contribution in [2.75, 3.05) is 14.1 Å². The number of phenols is 1. The lowest BCUT2D eigenvalue weighted by atomic mass is 9.50. The minimum absolute atomic E-state index is 0.0216. The molecule has 2 aromatic rings. The Balaban J connectivity index is 1.66. The van der Waals surface area contributed by atoms with Gasteiger partial charge in [0.05, 0.1) is 17.5 Å². The highest BCUT2D eigenvalue weighted by Gasteiger charge is 2.70. The highest BCUT2D eigenvalue weighted by atomic mass is 16.3. The largest absolute Gasteiger partial charge is 0.507 e. The molecule has 9 heteroatoms. The highest BCUT2D eigenvalue weighted by Crippen LogP contribution is 2.54. The third-order valence-electron chi connectivity index (χ3n) is 8.55. The number of Topliss-reactive ketones (excluding diaryl/α,β-unsaturated/α-hetero) is 4. The van der Waals surface area contributed by atoms with Crippen LogP contribution in [0.25, 0.3) is 0 Å². The Bertz CT molecular complexity index is 1500. The van der Waals surface area contributed by atoms with Gasteiger partial charge in [-0.1, -0.05) is 37.0 Å². The molecule has 39 heavy (non-hydrogen) atoms. The Morgan fingerprint density at radius 1 is 1.03 bits per heavy atom. The molecule has 0 spiro atoms. The van der Waals surface area contributed by atoms with E-state index >= 15 is 0 Å². The Hall–Kier alpha value is -4.13. The minimum Gasteiger partial charge on any atom is -0.507 e. The molecule has 7 atom stereocenters. The second kappa shape index (κ2) is 9.26. The molecule has 9 nitrogen and oxygen atoms in total. The van der Waals surface area contributed by atoms with Gasteiger partial charge >= 0.3 is 0 Å². The Morgan fingerprint density at radius 2 is 1.69 bits per heavy atom. The summed E-state index contributed by atoms with van der Waals surface area (Å²) < 4.78 is 0. The summed E-state index contributed by atoms with van der Waals surface area (Å²) in [5, 5.41) is 22.4. The zero-order valence-corrected chi connectivity index (χ0v) is 21.7. The quantitative estimate of drug-likeness (QED) is 0.382. The minimum atomic E-state index is -2.75. The number of likely N-dealkylation sites (N-methyl/N-ethyl adjacent to an activating group) is 1. The van der Waals surface area contributed by atoms with Crippen LogP contribution in [-0.2, 0) is 19.2 Å². The SMILES string of the molecule is C[C@H]1c2c(C#Cc3ccccc3)ccc(O)c2C(=O)C2C(=O)[C@]3(O)C(=O)C(C(N)=O)C(=O)[C@@H](N(C)C)[C@@H]3C[C@@H]21. The lowest BCUT2D eigenvalue weighted by Crippen LogP contribution is -2.74. The van der Waals surface area contributed by atoms with Crippen LogP contribution in [0.15, 0.2) is 42.5 Å². The Kier molecular flexibility index (Phi) is 6.29. The molecule has 200 valence electrons. The van der Waals surface area contributed by atoms with Gasteiger partial charge in [-0.25, -0.2) is 0 Å². The maximum Gasteiger partial charge on any atom is 0.235 e. The number of nitrogens with two attached hydrogens (primary N) is 1. The number of benzene rings is 2. The van der Waals surface area contributed by atoms with Gasteiger partial charge in [0.15, 0.2) is 34.7 Å². The number of hydrogen-bond acceptors (Lipinski definition) is 8. The predicted molar refractivity (Wildman–Crippen MR) is 138 cm³/mol. The van der Waals surface area contributed by atoms with E-state index in [0.29, 0.717) is 11.1 Å². The van der Waals surface area contributed by atoms with Crippen LogP contribution in [0, 0.1) is 35.5 Å². The summed E-state index contributed by atoms with van der Waals surface area (Å²) in [6.45, 7) is 1.80. The summed E-state index contributed by atoms with van der Waals surface area (Å²) in [6, 6.07) is 11.0. The molecule has 2 unspecified atom stereocenters. The van der Waals surface area contributed by atoms with Crippen molar-refractivity contribution in [3.63, 3.8) is 0 Å². The van der Waals surface area contributed by atoms with Gasteiger partial charge in [0.2, 0.25) is 5.91 Å². The molecular formula is C30H28N2O7. The van der Waals surface area contributed by atoms with Crippen molar-refractivity contribution in [3.8, 4) is 17.6 Å². The molecule has 4 N–H and O–H groups in total. The van der Waals surface area contributed by atoms with Gasteiger partial charge in [0.1, 0.15) is 5.75 Å². The molecule has 2 fully saturated rings. The smallest absolute Gasteiger partial charge is 0.235 e. The summed E-state index contributed by atoms with van der Waals surface area (Å²) in [7, 11) is 3.10. The number of amides is 1. The van der Waals surface area contributed by atoms with Crippen molar-refractivity contribution in [2.45, 2.75) is 30.9 Å². The normalized spacial score (nSPS) is 31.6. The van der Waals surface area contributed by atoms with Crippen LogP contribution >= 0.6 is 0 Å². The molecule has 3 aliphatic rings. The molecule has 0 bridgehead atoms. The number of aliphatic hydroxyl groups is 1. The molecular weight excluding hydrogens is 500 g/mol. The van der Waals surface area contributed by atoms with Crippen molar-refractivity contribution in [3.05, 3.63) is 64.7 Å². The summed E-state index contributed by atoms with van der Waals surface area (Å²) in [6.07, 6.45) is -0.0216. The number of aromatic hydroxyl groups is 1. The Morgan fingerprint density at radius 3 is 2.31 bits per heavy atom. The summed E-state index contributed by atoms with van der Waals surface area (Å²) >= 11 is 0. The van der Waals surface area contributed by atoms with Crippen LogP contribution in [0.4, 0.5) is 0 Å². The van der Waals surface area contributed by atoms with E-state index < -0.39 is 70.3 Å². The average Bonchev–Trinajstić information content (AvgIpc) is 2.88. The first-order valence-electron chi connectivity index (χ1n) is 12.7. The van der Waals surface area contributed by atoms with E-state index in [9.17, 15) is 34.2 Å². The van der Waals surface area contributed by atoms with E-state index in [1.165, 1.54) is 11.0 Å². The number of hydrogen-bond donors (Lipinski definition) is 3. The topological polar surface area (TPSA) is 155 Å². The van der Waals surface area contributed by atoms with Gasteiger partial charge in [0, 0.05) is 17.0 Å². The number of ketones is 4. The maximum atomic E-state index is 14.0. The first-order chi connectivity index (χ1) is 18.4. The van der Waals surface area contributed by atoms with Gasteiger partial charge in [-0.3, -0.25) is 28.9 Å². The zero-order valence-electron chi connectivity index (χ0n) is 21.7. The second-order valence-corrected chi connectivity index (χ2v) is 10.8. The average molecular weight is 529 g/mol. The van der Waals surface area contributed by atoms with Crippen molar-refractivity contribution in [1.29, 1.82) is 0 Å². The predicted octanol–water partition coefficient (Wildman–Crippen LogP) is 0.828. The number of nitrogens with zero attached hydrogens (tertiary/aromatic N) is 1. The highest BCUT2D eigenvalue weighted by molar-refractivity contribution is 6.32. The van der Waals surface area contributed by atoms with E-state index in [1.54, 1.807) is 27.1 Å². The van der Waals surface area contributed by atoms with Gasteiger partial charge in [-0.2, -0.15) is 0 Å². The molecule has 1 amide bonds. The molecule has 3 aliphatic carbocycles. The number of carbonyl (C=O) groups excluding carboxylic acids is 5. The maximum absolute atomic E-state index is 14.0. The van der Waals surface area contributed by atoms with Crippen LogP contribution in [0.3, 0.4) is 0 Å². The fraction of sp³-hybridized carbons (Fsp3) is 0.367. The third-order valence-corrected chi connectivity index (χ3v) is 8.55. The van der Waals surface area contributed by atoms with Crippen molar-refractivity contribution < 1.29 is 34.2 Å². The van der Waals surface area contributed by atoms with Crippen LogP contribution in [-0.4, -0.2) is 69.9 Å². The molecule has 0 radical (unpaired) electrons. The van der Waals surface area contributed by atoms with Crippen molar-refractivity contribution in [2.24, 2.45) is 29.4 Å².